The molecule has 0 fully saturated rings. The summed E-state index contributed by atoms with van der Waals surface area (Å²) in [6.07, 6.45) is 12.4. The van der Waals surface area contributed by atoms with E-state index in [4.69, 9.17) is 0 Å². The third-order valence-corrected chi connectivity index (χ3v) is 6.42. The van der Waals surface area contributed by atoms with Gasteiger partial charge in [-0.2, -0.15) is 0 Å². The number of unbranched alkanes of at least 4 members (excludes halogenated alkanes) is 6. The maximum absolute atomic E-state index is 9.99. The first-order chi connectivity index (χ1) is 10.8. The summed E-state index contributed by atoms with van der Waals surface area (Å²) in [4.78, 5) is 0. The zero-order valence-electron chi connectivity index (χ0n) is 14.3. The van der Waals surface area contributed by atoms with Crippen LogP contribution >= 0.6 is 0 Å². The van der Waals surface area contributed by atoms with Crippen LogP contribution in [-0.2, 0) is 5.32 Å². The van der Waals surface area contributed by atoms with Crippen LogP contribution in [0, 0.1) is 0 Å². The number of benzene rings is 1. The fraction of sp³-hybridized carbons (Fsp3) is 0.700. The van der Waals surface area contributed by atoms with Crippen LogP contribution in [0.2, 0.25) is 5.32 Å². The quantitative estimate of drug-likeness (QED) is 0.335. The van der Waals surface area contributed by atoms with Gasteiger partial charge in [0.15, 0.2) is 0 Å². The fourth-order valence-corrected chi connectivity index (χ4v) is 4.71. The molecule has 0 aromatic heterocycles. The van der Waals surface area contributed by atoms with E-state index in [1.807, 2.05) is 0 Å². The Morgan fingerprint density at radius 1 is 0.864 bits per heavy atom. The van der Waals surface area contributed by atoms with E-state index in [0.717, 1.165) is 27.8 Å². The molecule has 22 heavy (non-hydrogen) atoms. The summed E-state index contributed by atoms with van der Waals surface area (Å²) in [5.74, 6) is 0. The van der Waals surface area contributed by atoms with Crippen LogP contribution in [0.15, 0.2) is 30.3 Å². The molecule has 0 aliphatic carbocycles. The van der Waals surface area contributed by atoms with Gasteiger partial charge in [-0.25, -0.2) is 0 Å². The van der Waals surface area contributed by atoms with Crippen molar-refractivity contribution in [2.45, 2.75) is 87.9 Å². The molecular formula is C20H34OSe. The molecule has 126 valence electrons. The van der Waals surface area contributed by atoms with Crippen molar-refractivity contribution in [2.75, 3.05) is 0 Å². The van der Waals surface area contributed by atoms with Crippen molar-refractivity contribution in [1.29, 1.82) is 0 Å². The first-order valence-corrected chi connectivity index (χ1v) is 11.5. The van der Waals surface area contributed by atoms with Crippen molar-refractivity contribution in [2.24, 2.45) is 0 Å². The molecule has 1 unspecified atom stereocenters. The molecular weight excluding hydrogens is 335 g/mol. The van der Waals surface area contributed by atoms with Crippen molar-refractivity contribution < 1.29 is 5.11 Å². The minimum atomic E-state index is -0.0483. The number of rotatable bonds is 14. The van der Waals surface area contributed by atoms with Crippen LogP contribution in [-0.4, -0.2) is 26.2 Å². The Morgan fingerprint density at radius 2 is 1.50 bits per heavy atom. The first kappa shape index (κ1) is 19.7. The molecule has 0 bridgehead atoms. The van der Waals surface area contributed by atoms with E-state index in [2.05, 4.69) is 37.3 Å². The van der Waals surface area contributed by atoms with Crippen molar-refractivity contribution in [3.05, 3.63) is 35.9 Å². The maximum atomic E-state index is 9.99. The number of hydrogen-bond donors (Lipinski definition) is 1. The Balaban J connectivity index is 1.85. The molecule has 1 aromatic carbocycles. The molecule has 0 amide bonds. The second-order valence-corrected chi connectivity index (χ2v) is 8.56. The summed E-state index contributed by atoms with van der Waals surface area (Å²) in [7, 11) is 0. The van der Waals surface area contributed by atoms with Gasteiger partial charge in [-0.1, -0.05) is 6.92 Å². The van der Waals surface area contributed by atoms with E-state index < -0.39 is 0 Å². The second-order valence-electron chi connectivity index (χ2n) is 6.24. The zero-order valence-corrected chi connectivity index (χ0v) is 16.0. The van der Waals surface area contributed by atoms with Gasteiger partial charge in [0, 0.05) is 0 Å². The zero-order chi connectivity index (χ0) is 15.9. The Morgan fingerprint density at radius 3 is 2.23 bits per heavy atom. The minimum absolute atomic E-state index is 0.0483. The van der Waals surface area contributed by atoms with Crippen molar-refractivity contribution in [3.63, 3.8) is 0 Å². The Labute approximate surface area is 144 Å². The third kappa shape index (κ3) is 11.3. The van der Waals surface area contributed by atoms with Gasteiger partial charge in [-0.15, -0.1) is 0 Å². The normalized spacial score (nSPS) is 12.5. The van der Waals surface area contributed by atoms with Gasteiger partial charge in [0.2, 0.25) is 0 Å². The van der Waals surface area contributed by atoms with E-state index in [0.29, 0.717) is 0 Å². The summed E-state index contributed by atoms with van der Waals surface area (Å²) >= 11 is 0.728. The summed E-state index contributed by atoms with van der Waals surface area (Å²) < 4.78 is 0. The van der Waals surface area contributed by atoms with Crippen LogP contribution in [0.3, 0.4) is 0 Å². The third-order valence-electron chi connectivity index (χ3n) is 4.08. The van der Waals surface area contributed by atoms with E-state index in [1.54, 1.807) is 0 Å². The van der Waals surface area contributed by atoms with Crippen molar-refractivity contribution >= 4 is 15.0 Å². The van der Waals surface area contributed by atoms with E-state index in [9.17, 15) is 5.11 Å². The van der Waals surface area contributed by atoms with E-state index in [-0.39, 0.29) is 6.10 Å². The molecule has 1 nitrogen and oxygen atoms in total. The Kier molecular flexibility index (Phi) is 12.8. The van der Waals surface area contributed by atoms with Crippen LogP contribution < -0.4 is 0 Å². The average Bonchev–Trinajstić information content (AvgIpc) is 2.55. The first-order valence-electron chi connectivity index (χ1n) is 9.12. The molecule has 0 radical (unpaired) electrons. The van der Waals surface area contributed by atoms with Crippen LogP contribution in [0.4, 0.5) is 0 Å². The number of aliphatic hydroxyl groups is 1. The molecule has 0 heterocycles. The van der Waals surface area contributed by atoms with Gasteiger partial charge < -0.3 is 0 Å². The number of hydrogen-bond acceptors (Lipinski definition) is 1. The molecule has 1 aromatic rings. The van der Waals surface area contributed by atoms with Gasteiger partial charge >= 0.3 is 137 Å². The Hall–Kier alpha value is -0.301. The second kappa shape index (κ2) is 14.3. The van der Waals surface area contributed by atoms with Gasteiger partial charge in [0.1, 0.15) is 0 Å². The molecule has 0 aliphatic rings. The predicted octanol–water partition coefficient (Wildman–Crippen LogP) is 5.59. The Bertz CT molecular complexity index is 339. The standard InChI is InChI=1S/C20H34OSe/c1-2-3-4-5-6-10-15-20(21)16-11-12-17-22-18-19-13-8-7-9-14-19/h7-9,13-14,20-21H,2-6,10-12,15-18H2,1H3. The topological polar surface area (TPSA) is 20.2 Å². The van der Waals surface area contributed by atoms with E-state index >= 15 is 0 Å². The van der Waals surface area contributed by atoms with Gasteiger partial charge in [0.25, 0.3) is 0 Å². The van der Waals surface area contributed by atoms with Gasteiger partial charge in [-0.05, 0) is 0 Å². The molecule has 1 atom stereocenters. The van der Waals surface area contributed by atoms with Gasteiger partial charge in [0.05, 0.1) is 0 Å². The molecule has 0 saturated heterocycles. The molecule has 1 N–H and O–H groups in total. The van der Waals surface area contributed by atoms with Crippen LogP contribution in [0.5, 0.6) is 0 Å². The van der Waals surface area contributed by atoms with Crippen molar-refractivity contribution in [3.8, 4) is 0 Å². The molecule has 0 spiro atoms. The molecule has 0 saturated carbocycles. The summed E-state index contributed by atoms with van der Waals surface area (Å²) in [5.41, 5.74) is 1.48. The summed E-state index contributed by atoms with van der Waals surface area (Å²) in [6, 6.07) is 10.8. The molecule has 2 heteroatoms. The van der Waals surface area contributed by atoms with Crippen LogP contribution in [0.25, 0.3) is 0 Å². The average molecular weight is 369 g/mol. The molecule has 0 aliphatic heterocycles. The monoisotopic (exact) mass is 370 g/mol. The summed E-state index contributed by atoms with van der Waals surface area (Å²) in [6.45, 7) is 2.25. The summed E-state index contributed by atoms with van der Waals surface area (Å²) in [5, 5.41) is 12.6. The van der Waals surface area contributed by atoms with Crippen molar-refractivity contribution in [1.82, 2.24) is 0 Å². The number of aliphatic hydroxyl groups excluding tert-OH is 1. The SMILES string of the molecule is CCCCCCCCC(O)CCCC[Se]Cc1ccccc1. The predicted molar refractivity (Wildman–Crippen MR) is 98.6 cm³/mol. The fourth-order valence-electron chi connectivity index (χ4n) is 2.65. The van der Waals surface area contributed by atoms with Crippen LogP contribution in [0.1, 0.15) is 76.7 Å². The van der Waals surface area contributed by atoms with E-state index in [1.165, 1.54) is 67.6 Å². The van der Waals surface area contributed by atoms with Gasteiger partial charge in [-0.3, -0.25) is 0 Å². The molecule has 1 rings (SSSR count).